The molecule has 0 saturated carbocycles. The van der Waals surface area contributed by atoms with Crippen LogP contribution in [0.4, 0.5) is 4.39 Å². The van der Waals surface area contributed by atoms with Crippen molar-refractivity contribution in [3.63, 3.8) is 0 Å². The summed E-state index contributed by atoms with van der Waals surface area (Å²) >= 11 is 0. The first kappa shape index (κ1) is 13.7. The van der Waals surface area contributed by atoms with Gasteiger partial charge in [-0.25, -0.2) is 4.39 Å². The first-order valence-corrected chi connectivity index (χ1v) is 6.68. The summed E-state index contributed by atoms with van der Waals surface area (Å²) in [5, 5.41) is 7.60. The van der Waals surface area contributed by atoms with E-state index in [2.05, 4.69) is 10.4 Å². The highest BCUT2D eigenvalue weighted by molar-refractivity contribution is 5.31. The molecule has 0 saturated heterocycles. The summed E-state index contributed by atoms with van der Waals surface area (Å²) in [6, 6.07) is 7.15. The minimum Gasteiger partial charge on any atom is -0.305 e. The lowest BCUT2D eigenvalue weighted by molar-refractivity contribution is 0.515. The number of rotatable bonds is 5. The van der Waals surface area contributed by atoms with E-state index in [4.69, 9.17) is 0 Å². The molecule has 1 N–H and O–H groups in total. The van der Waals surface area contributed by atoms with Gasteiger partial charge >= 0.3 is 0 Å². The van der Waals surface area contributed by atoms with Crippen LogP contribution in [0.15, 0.2) is 30.5 Å². The molecule has 19 heavy (non-hydrogen) atoms. The number of nitrogens with zero attached hydrogens (tertiary/aromatic N) is 2. The van der Waals surface area contributed by atoms with E-state index in [1.54, 1.807) is 12.3 Å². The van der Waals surface area contributed by atoms with Gasteiger partial charge in [0.1, 0.15) is 5.82 Å². The highest BCUT2D eigenvalue weighted by atomic mass is 19.1. The smallest absolute Gasteiger partial charge is 0.128 e. The fourth-order valence-corrected chi connectivity index (χ4v) is 2.30. The van der Waals surface area contributed by atoms with Crippen LogP contribution in [-0.2, 0) is 6.54 Å². The molecule has 2 rings (SSSR count). The molecule has 4 heteroatoms. The SMILES string of the molecule is CCNC(c1ccc(C)cc1F)c1ccnn1CC. The molecular weight excluding hydrogens is 241 g/mol. The van der Waals surface area contributed by atoms with Crippen molar-refractivity contribution in [2.75, 3.05) is 6.54 Å². The summed E-state index contributed by atoms with van der Waals surface area (Å²) in [6.45, 7) is 7.49. The van der Waals surface area contributed by atoms with Crippen molar-refractivity contribution in [3.8, 4) is 0 Å². The van der Waals surface area contributed by atoms with Crippen LogP contribution in [0.5, 0.6) is 0 Å². The van der Waals surface area contributed by atoms with Gasteiger partial charge in [-0.05, 0) is 38.1 Å². The van der Waals surface area contributed by atoms with Gasteiger partial charge in [0.25, 0.3) is 0 Å². The normalized spacial score (nSPS) is 12.6. The van der Waals surface area contributed by atoms with Crippen LogP contribution in [0.1, 0.15) is 36.7 Å². The zero-order valence-electron chi connectivity index (χ0n) is 11.7. The monoisotopic (exact) mass is 261 g/mol. The molecule has 0 amide bonds. The molecule has 1 aromatic carbocycles. The maximum atomic E-state index is 14.2. The molecule has 1 atom stereocenters. The number of hydrogen-bond donors (Lipinski definition) is 1. The van der Waals surface area contributed by atoms with Crippen molar-refractivity contribution >= 4 is 0 Å². The Labute approximate surface area is 113 Å². The molecule has 2 aromatic rings. The lowest BCUT2D eigenvalue weighted by Crippen LogP contribution is -2.25. The third-order valence-electron chi connectivity index (χ3n) is 3.22. The zero-order chi connectivity index (χ0) is 13.8. The molecule has 0 aliphatic rings. The van der Waals surface area contributed by atoms with Crippen LogP contribution in [0.2, 0.25) is 0 Å². The van der Waals surface area contributed by atoms with Crippen molar-refractivity contribution in [3.05, 3.63) is 53.1 Å². The summed E-state index contributed by atoms with van der Waals surface area (Å²) in [5.41, 5.74) is 2.59. The van der Waals surface area contributed by atoms with Crippen molar-refractivity contribution in [2.45, 2.75) is 33.4 Å². The molecule has 1 heterocycles. The molecule has 0 bridgehead atoms. The number of nitrogens with one attached hydrogen (secondary N) is 1. The number of hydrogen-bond acceptors (Lipinski definition) is 2. The van der Waals surface area contributed by atoms with E-state index >= 15 is 0 Å². The van der Waals surface area contributed by atoms with Crippen molar-refractivity contribution in [1.29, 1.82) is 0 Å². The predicted molar refractivity (Wildman–Crippen MR) is 74.6 cm³/mol. The second-order valence-electron chi connectivity index (χ2n) is 4.59. The Morgan fingerprint density at radius 1 is 1.32 bits per heavy atom. The molecule has 0 aliphatic carbocycles. The number of aryl methyl sites for hydroxylation is 2. The molecule has 0 radical (unpaired) electrons. The Balaban J connectivity index is 2.45. The quantitative estimate of drug-likeness (QED) is 0.896. The zero-order valence-corrected chi connectivity index (χ0v) is 11.7. The maximum absolute atomic E-state index is 14.2. The Hall–Kier alpha value is -1.68. The van der Waals surface area contributed by atoms with Gasteiger partial charge < -0.3 is 5.32 Å². The van der Waals surface area contributed by atoms with Crippen molar-refractivity contribution in [1.82, 2.24) is 15.1 Å². The summed E-state index contributed by atoms with van der Waals surface area (Å²) in [5.74, 6) is -0.171. The van der Waals surface area contributed by atoms with Crippen molar-refractivity contribution < 1.29 is 4.39 Å². The largest absolute Gasteiger partial charge is 0.305 e. The van der Waals surface area contributed by atoms with Gasteiger partial charge in [-0.3, -0.25) is 4.68 Å². The topological polar surface area (TPSA) is 29.9 Å². The molecule has 0 fully saturated rings. The molecule has 0 spiro atoms. The van der Waals surface area contributed by atoms with E-state index in [1.165, 1.54) is 0 Å². The number of benzene rings is 1. The lowest BCUT2D eigenvalue weighted by Gasteiger charge is -2.20. The first-order valence-electron chi connectivity index (χ1n) is 6.68. The number of halogens is 1. The third-order valence-corrected chi connectivity index (χ3v) is 3.22. The molecule has 3 nitrogen and oxygen atoms in total. The second kappa shape index (κ2) is 5.97. The van der Waals surface area contributed by atoms with E-state index in [0.29, 0.717) is 5.56 Å². The van der Waals surface area contributed by atoms with Crippen molar-refractivity contribution in [2.24, 2.45) is 0 Å². The lowest BCUT2D eigenvalue weighted by atomic mass is 10.0. The van der Waals surface area contributed by atoms with Crippen LogP contribution < -0.4 is 5.32 Å². The van der Waals surface area contributed by atoms with Crippen LogP contribution in [-0.4, -0.2) is 16.3 Å². The second-order valence-corrected chi connectivity index (χ2v) is 4.59. The molecule has 1 aromatic heterocycles. The summed E-state index contributed by atoms with van der Waals surface area (Å²) < 4.78 is 16.1. The van der Waals surface area contributed by atoms with E-state index in [0.717, 1.165) is 24.3 Å². The van der Waals surface area contributed by atoms with Gasteiger partial charge in [0.2, 0.25) is 0 Å². The highest BCUT2D eigenvalue weighted by Gasteiger charge is 2.20. The first-order chi connectivity index (χ1) is 9.17. The van der Waals surface area contributed by atoms with Gasteiger partial charge in [0.05, 0.1) is 11.7 Å². The molecule has 0 aliphatic heterocycles. The minimum atomic E-state index is -0.171. The van der Waals surface area contributed by atoms with Crippen LogP contribution in [0.3, 0.4) is 0 Å². The average molecular weight is 261 g/mol. The molecular formula is C15H20FN3. The van der Waals surface area contributed by atoms with Gasteiger partial charge in [-0.2, -0.15) is 5.10 Å². The van der Waals surface area contributed by atoms with Gasteiger partial charge in [-0.15, -0.1) is 0 Å². The maximum Gasteiger partial charge on any atom is 0.128 e. The summed E-state index contributed by atoms with van der Waals surface area (Å²) in [4.78, 5) is 0. The average Bonchev–Trinajstić information content (AvgIpc) is 2.85. The summed E-state index contributed by atoms with van der Waals surface area (Å²) in [6.07, 6.45) is 1.76. The third kappa shape index (κ3) is 2.84. The van der Waals surface area contributed by atoms with E-state index in [9.17, 15) is 4.39 Å². The van der Waals surface area contributed by atoms with Crippen LogP contribution >= 0.6 is 0 Å². The number of aromatic nitrogens is 2. The summed E-state index contributed by atoms with van der Waals surface area (Å²) in [7, 11) is 0. The standard InChI is InChI=1S/C15H20FN3/c1-4-17-15(14-8-9-18-19(14)5-2)12-7-6-11(3)10-13(12)16/h6-10,15,17H,4-5H2,1-3H3. The van der Waals surface area contributed by atoms with Crippen LogP contribution in [0.25, 0.3) is 0 Å². The van der Waals surface area contributed by atoms with Gasteiger partial charge in [-0.1, -0.05) is 19.1 Å². The highest BCUT2D eigenvalue weighted by Crippen LogP contribution is 2.25. The fourth-order valence-electron chi connectivity index (χ4n) is 2.30. The van der Waals surface area contributed by atoms with Gasteiger partial charge in [0.15, 0.2) is 0 Å². The Bertz CT molecular complexity index is 548. The molecule has 1 unspecified atom stereocenters. The fraction of sp³-hybridized carbons (Fsp3) is 0.400. The van der Waals surface area contributed by atoms with E-state index in [-0.39, 0.29) is 11.9 Å². The Kier molecular flexibility index (Phi) is 4.32. The predicted octanol–water partition coefficient (Wildman–Crippen LogP) is 3.05. The Morgan fingerprint density at radius 3 is 2.74 bits per heavy atom. The Morgan fingerprint density at radius 2 is 2.11 bits per heavy atom. The minimum absolute atomic E-state index is 0.159. The van der Waals surface area contributed by atoms with E-state index < -0.39 is 0 Å². The molecule has 102 valence electrons. The van der Waals surface area contributed by atoms with E-state index in [1.807, 2.05) is 43.7 Å². The van der Waals surface area contributed by atoms with Gasteiger partial charge in [0, 0.05) is 18.3 Å². The van der Waals surface area contributed by atoms with Crippen LogP contribution in [0, 0.1) is 12.7 Å².